The highest BCUT2D eigenvalue weighted by molar-refractivity contribution is 5.82. The molecule has 0 radical (unpaired) electrons. The van der Waals surface area contributed by atoms with Crippen molar-refractivity contribution in [3.63, 3.8) is 0 Å². The minimum absolute atomic E-state index is 0.119. The predicted octanol–water partition coefficient (Wildman–Crippen LogP) is 2.58. The van der Waals surface area contributed by atoms with E-state index in [2.05, 4.69) is 13.8 Å². The maximum Gasteiger partial charge on any atom is 0.154 e. The van der Waals surface area contributed by atoms with Crippen LogP contribution >= 0.6 is 0 Å². The van der Waals surface area contributed by atoms with Crippen LogP contribution in [0.25, 0.3) is 0 Å². The first kappa shape index (κ1) is 10.2. The zero-order chi connectivity index (χ0) is 11.0. The molecule has 1 aromatic rings. The Hall–Kier alpha value is -1.31. The maximum atomic E-state index is 10.9. The van der Waals surface area contributed by atoms with Crippen molar-refractivity contribution in [1.29, 1.82) is 0 Å². The van der Waals surface area contributed by atoms with E-state index in [0.29, 0.717) is 17.4 Å². The number of hydrogen-bond acceptors (Lipinski definition) is 2. The number of phenolic OH excluding ortho intramolecular Hbond substituents is 1. The molecule has 2 nitrogen and oxygen atoms in total. The zero-order valence-corrected chi connectivity index (χ0v) is 9.16. The molecular weight excluding hydrogens is 188 g/mol. The van der Waals surface area contributed by atoms with Gasteiger partial charge in [0.2, 0.25) is 0 Å². The van der Waals surface area contributed by atoms with Gasteiger partial charge < -0.3 is 5.11 Å². The minimum Gasteiger partial charge on any atom is -0.507 e. The molecule has 0 amide bonds. The molecule has 0 aliphatic heterocycles. The van der Waals surface area contributed by atoms with Gasteiger partial charge in [-0.15, -0.1) is 0 Å². The van der Waals surface area contributed by atoms with Crippen LogP contribution in [-0.4, -0.2) is 11.4 Å². The fourth-order valence-electron chi connectivity index (χ4n) is 2.35. The average Bonchev–Trinajstić information content (AvgIpc) is 2.61. The summed E-state index contributed by atoms with van der Waals surface area (Å²) in [7, 11) is 0. The van der Waals surface area contributed by atoms with Crippen molar-refractivity contribution in [2.45, 2.75) is 26.7 Å². The summed E-state index contributed by atoms with van der Waals surface area (Å²) in [5.74, 6) is 1.35. The quantitative estimate of drug-likeness (QED) is 0.752. The molecule has 0 fully saturated rings. The van der Waals surface area contributed by atoms with E-state index in [0.717, 1.165) is 24.7 Å². The van der Waals surface area contributed by atoms with Crippen molar-refractivity contribution >= 4 is 6.29 Å². The third kappa shape index (κ3) is 1.65. The monoisotopic (exact) mass is 204 g/mol. The first-order valence-electron chi connectivity index (χ1n) is 5.42. The summed E-state index contributed by atoms with van der Waals surface area (Å²) in [6, 6.07) is 3.57. The molecule has 0 aromatic heterocycles. The summed E-state index contributed by atoms with van der Waals surface area (Å²) in [6.45, 7) is 4.41. The molecule has 1 aliphatic carbocycles. The van der Waals surface area contributed by atoms with Gasteiger partial charge in [0.1, 0.15) is 5.75 Å². The predicted molar refractivity (Wildman–Crippen MR) is 59.2 cm³/mol. The van der Waals surface area contributed by atoms with Crippen molar-refractivity contribution in [2.75, 3.05) is 0 Å². The van der Waals surface area contributed by atoms with Crippen molar-refractivity contribution in [3.05, 3.63) is 28.8 Å². The van der Waals surface area contributed by atoms with Gasteiger partial charge in [-0.2, -0.15) is 0 Å². The summed E-state index contributed by atoms with van der Waals surface area (Å²) < 4.78 is 0. The standard InChI is InChI=1S/C13H16O2/c1-8(2)10-5-9-3-4-13(15)12(7-14)11(9)6-10/h3-4,7-8,10,15H,5-6H2,1-2H3. The summed E-state index contributed by atoms with van der Waals surface area (Å²) in [6.07, 6.45) is 2.74. The van der Waals surface area contributed by atoms with Gasteiger partial charge in [-0.3, -0.25) is 4.79 Å². The topological polar surface area (TPSA) is 37.3 Å². The van der Waals surface area contributed by atoms with Crippen molar-refractivity contribution in [2.24, 2.45) is 11.8 Å². The van der Waals surface area contributed by atoms with Gasteiger partial charge in [-0.05, 0) is 41.9 Å². The third-order valence-electron chi connectivity index (χ3n) is 3.44. The first-order chi connectivity index (χ1) is 7.13. The van der Waals surface area contributed by atoms with E-state index in [4.69, 9.17) is 0 Å². The molecule has 0 heterocycles. The number of aldehydes is 1. The van der Waals surface area contributed by atoms with E-state index in [1.165, 1.54) is 5.56 Å². The fourth-order valence-corrected chi connectivity index (χ4v) is 2.35. The van der Waals surface area contributed by atoms with Gasteiger partial charge in [0.25, 0.3) is 0 Å². The summed E-state index contributed by atoms with van der Waals surface area (Å²) in [5, 5.41) is 9.57. The Morgan fingerprint density at radius 2 is 2.13 bits per heavy atom. The molecule has 1 unspecified atom stereocenters. The molecule has 0 bridgehead atoms. The molecule has 0 saturated heterocycles. The van der Waals surface area contributed by atoms with Gasteiger partial charge in [0.05, 0.1) is 5.56 Å². The van der Waals surface area contributed by atoms with Gasteiger partial charge in [0, 0.05) is 0 Å². The maximum absolute atomic E-state index is 10.9. The Kier molecular flexibility index (Phi) is 2.51. The highest BCUT2D eigenvalue weighted by Gasteiger charge is 2.26. The van der Waals surface area contributed by atoms with Crippen molar-refractivity contribution in [3.8, 4) is 5.75 Å². The van der Waals surface area contributed by atoms with Crippen LogP contribution < -0.4 is 0 Å². The lowest BCUT2D eigenvalue weighted by Crippen LogP contribution is -2.07. The number of hydrogen-bond donors (Lipinski definition) is 1. The average molecular weight is 204 g/mol. The number of carbonyl (C=O) groups is 1. The van der Waals surface area contributed by atoms with Crippen LogP contribution in [0.3, 0.4) is 0 Å². The highest BCUT2D eigenvalue weighted by atomic mass is 16.3. The molecule has 0 spiro atoms. The molecule has 1 aliphatic rings. The van der Waals surface area contributed by atoms with Crippen molar-refractivity contribution in [1.82, 2.24) is 0 Å². The highest BCUT2D eigenvalue weighted by Crippen LogP contribution is 2.35. The van der Waals surface area contributed by atoms with Crippen LogP contribution in [0.1, 0.15) is 35.3 Å². The summed E-state index contributed by atoms with van der Waals surface area (Å²) >= 11 is 0. The van der Waals surface area contributed by atoms with E-state index >= 15 is 0 Å². The van der Waals surface area contributed by atoms with E-state index in [1.807, 2.05) is 6.07 Å². The SMILES string of the molecule is CC(C)C1Cc2ccc(O)c(C=O)c2C1. The fraction of sp³-hybridized carbons (Fsp3) is 0.462. The number of fused-ring (bicyclic) bond motifs is 1. The normalized spacial score (nSPS) is 19.3. The molecular formula is C13H16O2. The lowest BCUT2D eigenvalue weighted by molar-refractivity contribution is 0.112. The zero-order valence-electron chi connectivity index (χ0n) is 9.16. The van der Waals surface area contributed by atoms with Crippen LogP contribution in [0, 0.1) is 11.8 Å². The van der Waals surface area contributed by atoms with Crippen LogP contribution in [0.15, 0.2) is 12.1 Å². The molecule has 2 heteroatoms. The Balaban J connectivity index is 2.41. The molecule has 2 rings (SSSR count). The Labute approximate surface area is 89.9 Å². The number of phenols is 1. The first-order valence-corrected chi connectivity index (χ1v) is 5.42. The second kappa shape index (κ2) is 3.69. The van der Waals surface area contributed by atoms with Crippen LogP contribution in [0.5, 0.6) is 5.75 Å². The van der Waals surface area contributed by atoms with Crippen LogP contribution in [0.2, 0.25) is 0 Å². The number of rotatable bonds is 2. The number of aromatic hydroxyl groups is 1. The number of benzene rings is 1. The molecule has 1 aromatic carbocycles. The Morgan fingerprint density at radius 3 is 2.73 bits per heavy atom. The smallest absolute Gasteiger partial charge is 0.154 e. The van der Waals surface area contributed by atoms with Crippen LogP contribution in [0.4, 0.5) is 0 Å². The van der Waals surface area contributed by atoms with E-state index < -0.39 is 0 Å². The number of carbonyl (C=O) groups excluding carboxylic acids is 1. The molecule has 80 valence electrons. The molecule has 1 N–H and O–H groups in total. The molecule has 1 atom stereocenters. The van der Waals surface area contributed by atoms with Crippen molar-refractivity contribution < 1.29 is 9.90 Å². The molecule has 0 saturated carbocycles. The van der Waals surface area contributed by atoms with E-state index in [9.17, 15) is 9.90 Å². The second-order valence-corrected chi connectivity index (χ2v) is 4.67. The van der Waals surface area contributed by atoms with Gasteiger partial charge >= 0.3 is 0 Å². The lowest BCUT2D eigenvalue weighted by atomic mass is 9.93. The Morgan fingerprint density at radius 1 is 1.40 bits per heavy atom. The Bertz CT molecular complexity index is 394. The largest absolute Gasteiger partial charge is 0.507 e. The van der Waals surface area contributed by atoms with Gasteiger partial charge in [-0.1, -0.05) is 19.9 Å². The lowest BCUT2D eigenvalue weighted by Gasteiger charge is -2.12. The van der Waals surface area contributed by atoms with E-state index in [-0.39, 0.29) is 5.75 Å². The third-order valence-corrected chi connectivity index (χ3v) is 3.44. The van der Waals surface area contributed by atoms with E-state index in [1.54, 1.807) is 6.07 Å². The van der Waals surface area contributed by atoms with Gasteiger partial charge in [-0.25, -0.2) is 0 Å². The summed E-state index contributed by atoms with van der Waals surface area (Å²) in [5.41, 5.74) is 2.79. The van der Waals surface area contributed by atoms with Crippen LogP contribution in [-0.2, 0) is 12.8 Å². The molecule has 15 heavy (non-hydrogen) atoms. The minimum atomic E-state index is 0.119. The van der Waals surface area contributed by atoms with Gasteiger partial charge in [0.15, 0.2) is 6.29 Å². The second-order valence-electron chi connectivity index (χ2n) is 4.67. The summed E-state index contributed by atoms with van der Waals surface area (Å²) in [4.78, 5) is 10.9.